The fourth-order valence-corrected chi connectivity index (χ4v) is 3.22. The highest BCUT2D eigenvalue weighted by Gasteiger charge is 2.34. The second-order valence-corrected chi connectivity index (χ2v) is 6.04. The molecule has 1 saturated carbocycles. The minimum Gasteiger partial charge on any atom is -0.328 e. The minimum atomic E-state index is -4.07. The smallest absolute Gasteiger partial charge is 0.328 e. The first kappa shape index (κ1) is 15.1. The predicted molar refractivity (Wildman–Crippen MR) is 68.8 cm³/mol. The average Bonchev–Trinajstić information content (AvgIpc) is 2.72. The van der Waals surface area contributed by atoms with Crippen LogP contribution in [0.25, 0.3) is 0 Å². The third-order valence-corrected chi connectivity index (χ3v) is 4.18. The van der Waals surface area contributed by atoms with Gasteiger partial charge in [-0.3, -0.25) is 4.90 Å². The SMILES string of the molecule is NC1CCCC(NCC2CCN(CC(F)(F)F)C2)C1. The lowest BCUT2D eigenvalue weighted by Crippen LogP contribution is -2.41. The normalized spacial score (nSPS) is 33.8. The van der Waals surface area contributed by atoms with E-state index in [1.165, 1.54) is 4.90 Å². The van der Waals surface area contributed by atoms with Gasteiger partial charge in [0.25, 0.3) is 0 Å². The molecule has 6 heteroatoms. The maximum absolute atomic E-state index is 12.3. The van der Waals surface area contributed by atoms with E-state index in [2.05, 4.69) is 5.32 Å². The minimum absolute atomic E-state index is 0.288. The van der Waals surface area contributed by atoms with E-state index in [0.717, 1.165) is 38.6 Å². The first-order chi connectivity index (χ1) is 8.92. The van der Waals surface area contributed by atoms with Crippen molar-refractivity contribution in [3.63, 3.8) is 0 Å². The standard InChI is InChI=1S/C13H24F3N3/c14-13(15,16)9-19-5-4-10(8-19)7-18-12-3-1-2-11(17)6-12/h10-12,18H,1-9,17H2. The summed E-state index contributed by atoms with van der Waals surface area (Å²) < 4.78 is 36.8. The van der Waals surface area contributed by atoms with Crippen molar-refractivity contribution >= 4 is 0 Å². The van der Waals surface area contributed by atoms with Crippen LogP contribution in [-0.2, 0) is 0 Å². The highest BCUT2D eigenvalue weighted by atomic mass is 19.4. The van der Waals surface area contributed by atoms with Crippen molar-refractivity contribution in [1.82, 2.24) is 10.2 Å². The molecule has 3 N–H and O–H groups in total. The molecule has 2 fully saturated rings. The van der Waals surface area contributed by atoms with Crippen LogP contribution >= 0.6 is 0 Å². The fourth-order valence-electron chi connectivity index (χ4n) is 3.22. The summed E-state index contributed by atoms with van der Waals surface area (Å²) in [5.41, 5.74) is 5.93. The zero-order valence-electron chi connectivity index (χ0n) is 11.3. The van der Waals surface area contributed by atoms with Crippen LogP contribution in [0.4, 0.5) is 13.2 Å². The molecule has 2 aliphatic rings. The van der Waals surface area contributed by atoms with Crippen LogP contribution in [0.3, 0.4) is 0 Å². The Morgan fingerprint density at radius 2 is 2.00 bits per heavy atom. The molecule has 2 rings (SSSR count). The van der Waals surface area contributed by atoms with E-state index in [9.17, 15) is 13.2 Å². The lowest BCUT2D eigenvalue weighted by Gasteiger charge is -2.28. The summed E-state index contributed by atoms with van der Waals surface area (Å²) in [6.45, 7) is 1.19. The quantitative estimate of drug-likeness (QED) is 0.823. The number of halogens is 3. The van der Waals surface area contributed by atoms with Gasteiger partial charge >= 0.3 is 6.18 Å². The highest BCUT2D eigenvalue weighted by molar-refractivity contribution is 4.83. The van der Waals surface area contributed by atoms with Crippen LogP contribution in [-0.4, -0.2) is 49.3 Å². The van der Waals surface area contributed by atoms with Crippen molar-refractivity contribution in [3.8, 4) is 0 Å². The Labute approximate surface area is 112 Å². The molecule has 3 atom stereocenters. The number of alkyl halides is 3. The number of rotatable bonds is 4. The van der Waals surface area contributed by atoms with Gasteiger partial charge in [0, 0.05) is 18.6 Å². The summed E-state index contributed by atoms with van der Waals surface area (Å²) in [5.74, 6) is 0.348. The maximum Gasteiger partial charge on any atom is 0.401 e. The van der Waals surface area contributed by atoms with Gasteiger partial charge in [-0.1, -0.05) is 6.42 Å². The first-order valence-corrected chi connectivity index (χ1v) is 7.20. The monoisotopic (exact) mass is 279 g/mol. The zero-order valence-corrected chi connectivity index (χ0v) is 11.3. The number of nitrogens with zero attached hydrogens (tertiary/aromatic N) is 1. The van der Waals surface area contributed by atoms with Gasteiger partial charge in [-0.15, -0.1) is 0 Å². The molecule has 0 bridgehead atoms. The molecule has 1 heterocycles. The molecule has 3 nitrogen and oxygen atoms in total. The molecule has 1 aliphatic heterocycles. The molecule has 1 aliphatic carbocycles. The average molecular weight is 279 g/mol. The molecule has 0 aromatic rings. The number of hydrogen-bond acceptors (Lipinski definition) is 3. The zero-order chi connectivity index (χ0) is 13.9. The van der Waals surface area contributed by atoms with Gasteiger partial charge in [-0.05, 0) is 44.7 Å². The molecule has 0 radical (unpaired) electrons. The molecule has 19 heavy (non-hydrogen) atoms. The molecule has 112 valence electrons. The number of nitrogens with two attached hydrogens (primary N) is 1. The third kappa shape index (κ3) is 5.28. The van der Waals surface area contributed by atoms with Crippen LogP contribution in [0.2, 0.25) is 0 Å². The second-order valence-electron chi connectivity index (χ2n) is 6.04. The van der Waals surface area contributed by atoms with Gasteiger partial charge in [-0.25, -0.2) is 0 Å². The van der Waals surface area contributed by atoms with Crippen LogP contribution in [0.1, 0.15) is 32.1 Å². The van der Waals surface area contributed by atoms with E-state index < -0.39 is 12.7 Å². The molecule has 1 saturated heterocycles. The lowest BCUT2D eigenvalue weighted by atomic mass is 9.91. The first-order valence-electron chi connectivity index (χ1n) is 7.20. The highest BCUT2D eigenvalue weighted by Crippen LogP contribution is 2.23. The van der Waals surface area contributed by atoms with E-state index in [4.69, 9.17) is 5.73 Å². The van der Waals surface area contributed by atoms with Crippen molar-refractivity contribution in [2.45, 2.75) is 50.4 Å². The van der Waals surface area contributed by atoms with E-state index in [1.54, 1.807) is 0 Å². The van der Waals surface area contributed by atoms with Crippen LogP contribution < -0.4 is 11.1 Å². The topological polar surface area (TPSA) is 41.3 Å². The van der Waals surface area contributed by atoms with E-state index in [0.29, 0.717) is 25.0 Å². The van der Waals surface area contributed by atoms with E-state index >= 15 is 0 Å². The second kappa shape index (κ2) is 6.41. The van der Waals surface area contributed by atoms with Crippen molar-refractivity contribution < 1.29 is 13.2 Å². The van der Waals surface area contributed by atoms with Crippen LogP contribution in [0, 0.1) is 5.92 Å². The van der Waals surface area contributed by atoms with E-state index in [1.807, 2.05) is 0 Å². The van der Waals surface area contributed by atoms with Crippen molar-refractivity contribution in [1.29, 1.82) is 0 Å². The molecular weight excluding hydrogens is 255 g/mol. The van der Waals surface area contributed by atoms with Crippen LogP contribution in [0.15, 0.2) is 0 Å². The number of likely N-dealkylation sites (tertiary alicyclic amines) is 1. The summed E-state index contributed by atoms with van der Waals surface area (Å²) in [7, 11) is 0. The van der Waals surface area contributed by atoms with Crippen molar-refractivity contribution in [2.75, 3.05) is 26.2 Å². The van der Waals surface area contributed by atoms with E-state index in [-0.39, 0.29) is 6.04 Å². The summed E-state index contributed by atoms with van der Waals surface area (Å²) in [6.07, 6.45) is 1.19. The Morgan fingerprint density at radius 1 is 1.21 bits per heavy atom. The summed E-state index contributed by atoms with van der Waals surface area (Å²) in [6, 6.07) is 0.747. The van der Waals surface area contributed by atoms with Gasteiger partial charge in [0.1, 0.15) is 0 Å². The van der Waals surface area contributed by atoms with Gasteiger partial charge in [0.2, 0.25) is 0 Å². The molecule has 0 aromatic heterocycles. The Balaban J connectivity index is 1.65. The van der Waals surface area contributed by atoms with Gasteiger partial charge in [0.05, 0.1) is 6.54 Å². The van der Waals surface area contributed by atoms with Gasteiger partial charge in [0.15, 0.2) is 0 Å². The van der Waals surface area contributed by atoms with Crippen molar-refractivity contribution in [2.24, 2.45) is 11.7 Å². The summed E-state index contributed by atoms with van der Waals surface area (Å²) >= 11 is 0. The largest absolute Gasteiger partial charge is 0.401 e. The lowest BCUT2D eigenvalue weighted by molar-refractivity contribution is -0.143. The summed E-state index contributed by atoms with van der Waals surface area (Å²) in [5, 5.41) is 3.49. The Bertz CT molecular complexity index is 283. The molecule has 0 amide bonds. The fraction of sp³-hybridized carbons (Fsp3) is 1.00. The van der Waals surface area contributed by atoms with Crippen molar-refractivity contribution in [3.05, 3.63) is 0 Å². The molecular formula is C13H24F3N3. The number of nitrogens with one attached hydrogen (secondary N) is 1. The molecule has 3 unspecified atom stereocenters. The Kier molecular flexibility index (Phi) is 5.09. The Morgan fingerprint density at radius 3 is 2.68 bits per heavy atom. The molecule has 0 aromatic carbocycles. The van der Waals surface area contributed by atoms with Gasteiger partial charge in [-0.2, -0.15) is 13.2 Å². The third-order valence-electron chi connectivity index (χ3n) is 4.18. The molecule has 0 spiro atoms. The van der Waals surface area contributed by atoms with Crippen LogP contribution in [0.5, 0.6) is 0 Å². The summed E-state index contributed by atoms with van der Waals surface area (Å²) in [4.78, 5) is 1.51. The number of hydrogen-bond donors (Lipinski definition) is 2. The predicted octanol–water partition coefficient (Wildman–Crippen LogP) is 1.73. The van der Waals surface area contributed by atoms with Gasteiger partial charge < -0.3 is 11.1 Å². The maximum atomic E-state index is 12.3. The Hall–Kier alpha value is -0.330.